The van der Waals surface area contributed by atoms with Crippen LogP contribution in [-0.2, 0) is 96.6 Å². The fourth-order valence-electron chi connectivity index (χ4n) is 13.2. The van der Waals surface area contributed by atoms with Crippen LogP contribution in [0.1, 0.15) is 130 Å². The van der Waals surface area contributed by atoms with Crippen LogP contribution in [-0.4, -0.2) is 235 Å². The van der Waals surface area contributed by atoms with Gasteiger partial charge in [0.15, 0.2) is 17.7 Å². The molecule has 1 aromatic heterocycles. The number of aromatic nitrogens is 1. The number of nitrogens with one attached hydrogen (secondary N) is 15. The minimum atomic E-state index is -4.60. The number of unbranched alkanes of at least 4 members (excludes halogenated alkanes) is 2. The van der Waals surface area contributed by atoms with E-state index in [9.17, 15) is 95.1 Å². The summed E-state index contributed by atoms with van der Waals surface area (Å²) in [4.78, 5) is 218. The Balaban J connectivity index is 0.972. The highest BCUT2D eigenvalue weighted by Crippen LogP contribution is 2.20. The lowest BCUT2D eigenvalue weighted by atomic mass is 10.0. The molecular weight excluding hydrogens is 1570 g/mol. The molecule has 22 N–H and O–H groups in total. The van der Waals surface area contributed by atoms with Crippen molar-refractivity contribution in [2.24, 2.45) is 31.7 Å². The van der Waals surface area contributed by atoms with Gasteiger partial charge in [-0.2, -0.15) is 13.5 Å². The Hall–Kier alpha value is -13.1. The second kappa shape index (κ2) is 46.0. The smallest absolute Gasteiger partial charge is 0.305 e. The Morgan fingerprint density at radius 3 is 1.39 bits per heavy atom. The van der Waals surface area contributed by atoms with Gasteiger partial charge in [0.1, 0.15) is 54.4 Å². The third-order valence-corrected chi connectivity index (χ3v) is 20.5. The van der Waals surface area contributed by atoms with Crippen LogP contribution in [0, 0.1) is 0 Å². The second-order valence-corrected chi connectivity index (χ2v) is 30.0. The number of amides is 13. The van der Waals surface area contributed by atoms with Crippen molar-refractivity contribution in [1.29, 1.82) is 0 Å². The molecule has 11 atom stereocenters. The van der Waals surface area contributed by atoms with Gasteiger partial charge >= 0.3 is 11.9 Å². The Morgan fingerprint density at radius 1 is 0.496 bits per heavy atom. The van der Waals surface area contributed by atoms with E-state index in [2.05, 4.69) is 105 Å². The summed E-state index contributed by atoms with van der Waals surface area (Å²) in [7, 11) is -4.60. The van der Waals surface area contributed by atoms with Crippen LogP contribution in [0.4, 0.5) is 5.82 Å². The number of aliphatic carboxylic acids is 2. The molecule has 2 saturated heterocycles. The molecule has 4 aliphatic rings. The summed E-state index contributed by atoms with van der Waals surface area (Å²) in [6, 6.07) is 11.0. The van der Waals surface area contributed by atoms with Gasteiger partial charge in [-0.25, -0.2) is 4.98 Å². The first-order chi connectivity index (χ1) is 56.9. The fourth-order valence-corrected chi connectivity index (χ4v) is 13.9. The van der Waals surface area contributed by atoms with E-state index in [4.69, 9.17) is 11.5 Å². The van der Waals surface area contributed by atoms with E-state index in [0.29, 0.717) is 37.1 Å². The van der Waals surface area contributed by atoms with E-state index >= 15 is 0 Å². The number of carboxylic acid groups (broad SMARTS) is 2. The number of nitrogens with two attached hydrogens (primary N) is 2. The standard InChI is InChI=1S/C76H100N22O20S/c77-75-81-33-29-47(87-75)22-24-51-67(108)84-41-61(100)89-56(37-63(102)103)73(114)96-54(35-43-13-3-1-4-14-43)71(112)92-49(69(110)94-51)18-9-11-31-79-60(99)28-26-53(91-65(106)46-21-27-59(83-39-46)98-86-40-45-17-7-8-20-58(45)119(116,117)118)66(107)80-32-12-10-19-50-70(111)95-52(25-23-48-30-34-82-76(78)88-48)68(109)85-42-62(101)90-57(38-64(104)105)74(115)97-55(72(113)93-50)36-44-15-5-2-6-16-44/h1-8,13-17,20-21,27,39,47-57H,9-12,18-19,22-26,28-38,40-42H2,(H,79,99)(H,80,107)(H,84,108)(H,85,109)(H,89,100)(H,90,101)(H,91,106)(H,92,112)(H,93,113)(H,94,110)(H,95,111)(H,96,114)(H,97,115)(H,102,103)(H,104,105)(H3,77,81,87)(H3,78,82,88)(H,116,117,118)/t47?,48?,49-,50?,51-,52-,53-,54?,55+,56-,57-/m0/s1. The zero-order valence-corrected chi connectivity index (χ0v) is 65.7. The Bertz CT molecular complexity index is 4500. The molecule has 42 nitrogen and oxygen atoms in total. The number of rotatable bonds is 34. The molecule has 3 aromatic carbocycles. The minimum Gasteiger partial charge on any atom is -0.481 e. The van der Waals surface area contributed by atoms with Gasteiger partial charge in [0.05, 0.1) is 42.9 Å². The van der Waals surface area contributed by atoms with E-state index in [1.54, 1.807) is 60.7 Å². The predicted molar refractivity (Wildman–Crippen MR) is 424 cm³/mol. The van der Waals surface area contributed by atoms with E-state index < -0.39 is 186 Å². The highest BCUT2D eigenvalue weighted by molar-refractivity contribution is 7.85. The van der Waals surface area contributed by atoms with Crippen LogP contribution >= 0.6 is 0 Å². The summed E-state index contributed by atoms with van der Waals surface area (Å²) >= 11 is 0. The van der Waals surface area contributed by atoms with Crippen LogP contribution < -0.4 is 91.2 Å². The van der Waals surface area contributed by atoms with Gasteiger partial charge in [-0.3, -0.25) is 86.5 Å². The van der Waals surface area contributed by atoms with Crippen molar-refractivity contribution in [3.8, 4) is 0 Å². The van der Waals surface area contributed by atoms with Crippen LogP contribution in [0.15, 0.2) is 128 Å². The Kier molecular flexibility index (Phi) is 35.3. The quantitative estimate of drug-likeness (QED) is 0.0123. The lowest BCUT2D eigenvalue weighted by molar-refractivity contribution is -0.141. The first-order valence-electron chi connectivity index (χ1n) is 38.8. The van der Waals surface area contributed by atoms with Crippen LogP contribution in [0.5, 0.6) is 0 Å². The van der Waals surface area contributed by atoms with Crippen molar-refractivity contribution in [3.05, 3.63) is 126 Å². The van der Waals surface area contributed by atoms with Crippen LogP contribution in [0.3, 0.4) is 0 Å². The van der Waals surface area contributed by atoms with Crippen molar-refractivity contribution in [1.82, 2.24) is 84.7 Å². The van der Waals surface area contributed by atoms with Crippen molar-refractivity contribution < 1.29 is 95.1 Å². The van der Waals surface area contributed by atoms with Gasteiger partial charge in [0.2, 0.25) is 70.9 Å². The molecule has 0 spiro atoms. The average molecular weight is 1670 g/mol. The van der Waals surface area contributed by atoms with E-state index in [-0.39, 0.29) is 149 Å². The number of hydrogen-bond acceptors (Lipinski definition) is 26. The minimum absolute atomic E-state index is 0.0126. The third kappa shape index (κ3) is 31.1. The normalized spacial score (nSPS) is 22.3. The molecule has 0 radical (unpaired) electrons. The number of aliphatic imine (C=N–C) groups is 2. The molecule has 0 saturated carbocycles. The zero-order valence-electron chi connectivity index (χ0n) is 64.9. The summed E-state index contributed by atoms with van der Waals surface area (Å²) in [6.45, 7) is -1.22. The van der Waals surface area contributed by atoms with Crippen LogP contribution in [0.25, 0.3) is 0 Å². The third-order valence-electron chi connectivity index (χ3n) is 19.5. The topological polar surface area (TPSA) is 646 Å². The predicted octanol–water partition coefficient (Wildman–Crippen LogP) is -3.45. The fraction of sp³-hybridized carbons (Fsp3) is 0.474. The lowest BCUT2D eigenvalue weighted by Gasteiger charge is -2.27. The van der Waals surface area contributed by atoms with Gasteiger partial charge in [0, 0.05) is 63.7 Å². The molecule has 2 fully saturated rings. The Labute approximate surface area is 683 Å². The maximum Gasteiger partial charge on any atom is 0.305 e. The van der Waals surface area contributed by atoms with Gasteiger partial charge < -0.3 is 101 Å². The molecule has 13 amide bonds. The molecule has 4 aromatic rings. The molecule has 4 aliphatic heterocycles. The number of nitrogens with zero attached hydrogens (tertiary/aromatic N) is 5. The number of guanidine groups is 2. The van der Waals surface area contributed by atoms with Gasteiger partial charge in [-0.05, 0) is 118 Å². The van der Waals surface area contributed by atoms with E-state index in [1.807, 2.05) is 0 Å². The average Bonchev–Trinajstić information content (AvgIpc) is 1.56. The molecule has 0 bridgehead atoms. The van der Waals surface area contributed by atoms with E-state index in [1.165, 1.54) is 36.4 Å². The largest absolute Gasteiger partial charge is 0.481 e. The number of benzene rings is 3. The molecule has 119 heavy (non-hydrogen) atoms. The highest BCUT2D eigenvalue weighted by Gasteiger charge is 2.37. The molecule has 5 heterocycles. The molecular formula is C76H100N22O20S. The molecule has 8 rings (SSSR count). The SMILES string of the molecule is NC1=NCCC(CC[C@@H]2NC(=O)C(CCCCNC(=O)[C@H](CCC(=O)NCCCC[C@@H]3NC(=O)C(Cc4ccccc4)NC(=O)[C@H](CC(=O)O)NC(=O)CNC(=O)[C@H](CCC4CCN=C(N)N4)NC3=O)NC(=O)c3ccc(N=NCc4ccccc4S(=O)(=O)O)nc3)NC(=O)[C@@H](Cc3ccccc3)NC(=O)[C@H](CC(=O)O)NC(=O)CNC2=O)N1. The first-order valence-corrected chi connectivity index (χ1v) is 40.2. The van der Waals surface area contributed by atoms with Gasteiger partial charge in [0.25, 0.3) is 16.0 Å². The number of carboxylic acids is 2. The first kappa shape index (κ1) is 91.4. The monoisotopic (exact) mass is 1670 g/mol. The summed E-state index contributed by atoms with van der Waals surface area (Å²) in [6.07, 6.45) is -0.181. The number of carbonyl (C=O) groups is 15. The van der Waals surface area contributed by atoms with Crippen molar-refractivity contribution in [3.63, 3.8) is 0 Å². The molecule has 43 heteroatoms. The Morgan fingerprint density at radius 2 is 0.933 bits per heavy atom. The van der Waals surface area contributed by atoms with E-state index in [0.717, 1.165) is 6.20 Å². The summed E-state index contributed by atoms with van der Waals surface area (Å²) in [5.41, 5.74) is 13.0. The van der Waals surface area contributed by atoms with Gasteiger partial charge in [-0.15, -0.1) is 5.11 Å². The summed E-state index contributed by atoms with van der Waals surface area (Å²) < 4.78 is 33.6. The van der Waals surface area contributed by atoms with Crippen molar-refractivity contribution >= 4 is 117 Å². The molecule has 4 unspecified atom stereocenters. The molecule has 640 valence electrons. The van der Waals surface area contributed by atoms with Gasteiger partial charge in [-0.1, -0.05) is 78.9 Å². The zero-order chi connectivity index (χ0) is 86.0. The number of azo groups is 1. The summed E-state index contributed by atoms with van der Waals surface area (Å²) in [5.74, 6) is -14.1. The number of pyridine rings is 1. The number of hydrogen-bond donors (Lipinski definition) is 20. The summed E-state index contributed by atoms with van der Waals surface area (Å²) in [5, 5.41) is 67.0. The number of carbonyl (C=O) groups excluding carboxylic acids is 13. The molecule has 0 aliphatic carbocycles. The van der Waals surface area contributed by atoms with Crippen LogP contribution in [0.2, 0.25) is 0 Å². The maximum atomic E-state index is 14.6. The highest BCUT2D eigenvalue weighted by atomic mass is 32.2. The van der Waals surface area contributed by atoms with Crippen molar-refractivity contribution in [2.45, 2.75) is 193 Å². The second-order valence-electron chi connectivity index (χ2n) is 28.7. The maximum absolute atomic E-state index is 14.6. The van der Waals surface area contributed by atoms with Crippen molar-refractivity contribution in [2.75, 3.05) is 39.3 Å². The lowest BCUT2D eigenvalue weighted by Crippen LogP contribution is -2.58.